The predicted octanol–water partition coefficient (Wildman–Crippen LogP) is -0.0555. The van der Waals surface area contributed by atoms with Crippen LogP contribution in [0, 0.1) is 5.92 Å². The zero-order chi connectivity index (χ0) is 8.39. The van der Waals surface area contributed by atoms with Crippen LogP contribution in [0.15, 0.2) is 6.33 Å². The van der Waals surface area contributed by atoms with Crippen molar-refractivity contribution in [3.05, 3.63) is 12.2 Å². The average Bonchev–Trinajstić information content (AvgIpc) is 2.74. The summed E-state index contributed by atoms with van der Waals surface area (Å²) in [4.78, 5) is 14.9. The van der Waals surface area contributed by atoms with Crippen molar-refractivity contribution >= 4 is 5.91 Å². The Morgan fingerprint density at radius 3 is 3.17 bits per heavy atom. The third-order valence-electron chi connectivity index (χ3n) is 1.88. The Balaban J connectivity index is 1.83. The Bertz CT molecular complexity index is 265. The lowest BCUT2D eigenvalue weighted by molar-refractivity contribution is 0.0942. The van der Waals surface area contributed by atoms with Gasteiger partial charge in [0.25, 0.3) is 5.91 Å². The predicted molar refractivity (Wildman–Crippen MR) is 41.4 cm³/mol. The summed E-state index contributed by atoms with van der Waals surface area (Å²) in [7, 11) is 0. The van der Waals surface area contributed by atoms with Crippen molar-refractivity contribution in [3.63, 3.8) is 0 Å². The van der Waals surface area contributed by atoms with Crippen molar-refractivity contribution < 1.29 is 4.79 Å². The van der Waals surface area contributed by atoms with Crippen molar-refractivity contribution in [2.45, 2.75) is 12.8 Å². The van der Waals surface area contributed by atoms with E-state index in [1.165, 1.54) is 19.2 Å². The van der Waals surface area contributed by atoms with Gasteiger partial charge in [-0.05, 0) is 18.8 Å². The molecule has 1 fully saturated rings. The number of carbonyl (C=O) groups excluding carboxylic acids is 1. The van der Waals surface area contributed by atoms with Crippen molar-refractivity contribution in [2.24, 2.45) is 5.92 Å². The van der Waals surface area contributed by atoms with Gasteiger partial charge < -0.3 is 5.32 Å². The minimum Gasteiger partial charge on any atom is -0.349 e. The second-order valence-electron chi connectivity index (χ2n) is 2.99. The Morgan fingerprint density at radius 2 is 2.58 bits per heavy atom. The lowest BCUT2D eigenvalue weighted by Crippen LogP contribution is -2.26. The highest BCUT2D eigenvalue weighted by molar-refractivity contribution is 5.90. The average molecular weight is 166 g/mol. The van der Waals surface area contributed by atoms with E-state index in [1.807, 2.05) is 0 Å². The molecule has 0 radical (unpaired) electrons. The van der Waals surface area contributed by atoms with Crippen LogP contribution in [0.1, 0.15) is 23.5 Å². The minimum atomic E-state index is -0.167. The summed E-state index contributed by atoms with van der Waals surface area (Å²) in [5.74, 6) is 0.812. The summed E-state index contributed by atoms with van der Waals surface area (Å²) in [5, 5.41) is 8.87. The molecule has 2 rings (SSSR count). The molecule has 1 heterocycles. The zero-order valence-electron chi connectivity index (χ0n) is 6.58. The number of H-pyrrole nitrogens is 1. The third kappa shape index (κ3) is 1.61. The minimum absolute atomic E-state index is 0.167. The van der Waals surface area contributed by atoms with Gasteiger partial charge in [-0.3, -0.25) is 9.89 Å². The maximum absolute atomic E-state index is 11.2. The van der Waals surface area contributed by atoms with Crippen LogP contribution in [0.2, 0.25) is 0 Å². The molecular formula is C7H10N4O. The number of hydrogen-bond acceptors (Lipinski definition) is 3. The number of aromatic amines is 1. The van der Waals surface area contributed by atoms with Gasteiger partial charge in [-0.15, -0.1) is 0 Å². The molecule has 0 bridgehead atoms. The molecular weight excluding hydrogens is 156 g/mol. The first-order valence-electron chi connectivity index (χ1n) is 4.00. The molecule has 1 aromatic rings. The lowest BCUT2D eigenvalue weighted by atomic mass is 10.4. The topological polar surface area (TPSA) is 70.7 Å². The molecule has 0 aliphatic heterocycles. The number of hydrogen-bond donors (Lipinski definition) is 2. The molecule has 12 heavy (non-hydrogen) atoms. The van der Waals surface area contributed by atoms with Gasteiger partial charge in [0.15, 0.2) is 0 Å². The smallest absolute Gasteiger partial charge is 0.288 e. The van der Waals surface area contributed by atoms with Crippen LogP contribution in [0.4, 0.5) is 0 Å². The highest BCUT2D eigenvalue weighted by atomic mass is 16.2. The zero-order valence-corrected chi connectivity index (χ0v) is 6.58. The van der Waals surface area contributed by atoms with E-state index in [2.05, 4.69) is 20.5 Å². The van der Waals surface area contributed by atoms with E-state index < -0.39 is 0 Å². The number of carbonyl (C=O) groups is 1. The highest BCUT2D eigenvalue weighted by Crippen LogP contribution is 2.27. The standard InChI is InChI=1S/C7H10N4O/c12-7(6-9-4-10-11-6)8-3-5-1-2-5/h4-5H,1-3H2,(H,8,12)(H,9,10,11). The molecule has 1 aromatic heterocycles. The molecule has 0 unspecified atom stereocenters. The van der Waals surface area contributed by atoms with Crippen LogP contribution in [-0.2, 0) is 0 Å². The molecule has 0 atom stereocenters. The maximum atomic E-state index is 11.2. The van der Waals surface area contributed by atoms with Crippen molar-refractivity contribution in [1.29, 1.82) is 0 Å². The van der Waals surface area contributed by atoms with Gasteiger partial charge in [-0.1, -0.05) is 0 Å². The van der Waals surface area contributed by atoms with Gasteiger partial charge in [0.1, 0.15) is 6.33 Å². The molecule has 5 heteroatoms. The summed E-state index contributed by atoms with van der Waals surface area (Å²) in [5.41, 5.74) is 0. The van der Waals surface area contributed by atoms with Gasteiger partial charge in [0.2, 0.25) is 5.82 Å². The van der Waals surface area contributed by atoms with E-state index in [9.17, 15) is 4.79 Å². The highest BCUT2D eigenvalue weighted by Gasteiger charge is 2.22. The van der Waals surface area contributed by atoms with Crippen LogP contribution in [0.3, 0.4) is 0 Å². The van der Waals surface area contributed by atoms with E-state index in [1.54, 1.807) is 0 Å². The van der Waals surface area contributed by atoms with E-state index in [0.717, 1.165) is 6.54 Å². The Morgan fingerprint density at radius 1 is 1.75 bits per heavy atom. The number of nitrogens with zero attached hydrogens (tertiary/aromatic N) is 2. The molecule has 1 aliphatic carbocycles. The fourth-order valence-electron chi connectivity index (χ4n) is 0.958. The Labute approximate surface area is 69.6 Å². The summed E-state index contributed by atoms with van der Waals surface area (Å²) < 4.78 is 0. The maximum Gasteiger partial charge on any atom is 0.288 e. The normalized spacial score (nSPS) is 16.0. The van der Waals surface area contributed by atoms with Gasteiger partial charge in [0, 0.05) is 6.54 Å². The Hall–Kier alpha value is -1.39. The van der Waals surface area contributed by atoms with Crippen LogP contribution >= 0.6 is 0 Å². The van der Waals surface area contributed by atoms with Gasteiger partial charge in [0.05, 0.1) is 0 Å². The van der Waals surface area contributed by atoms with Gasteiger partial charge in [-0.2, -0.15) is 5.10 Å². The molecule has 2 N–H and O–H groups in total. The van der Waals surface area contributed by atoms with Gasteiger partial charge in [-0.25, -0.2) is 4.98 Å². The SMILES string of the molecule is O=C(NCC1CC1)c1ncn[nH]1. The fraction of sp³-hybridized carbons (Fsp3) is 0.571. The fourth-order valence-corrected chi connectivity index (χ4v) is 0.958. The molecule has 0 spiro atoms. The third-order valence-corrected chi connectivity index (χ3v) is 1.88. The molecule has 1 aliphatic rings. The molecule has 1 saturated carbocycles. The summed E-state index contributed by atoms with van der Waals surface area (Å²) in [6, 6.07) is 0. The molecule has 1 amide bonds. The summed E-state index contributed by atoms with van der Waals surface area (Å²) in [6.45, 7) is 0.763. The van der Waals surface area contributed by atoms with Crippen molar-refractivity contribution in [1.82, 2.24) is 20.5 Å². The van der Waals surface area contributed by atoms with Crippen LogP contribution < -0.4 is 5.32 Å². The number of amides is 1. The quantitative estimate of drug-likeness (QED) is 0.661. The van der Waals surface area contributed by atoms with E-state index >= 15 is 0 Å². The first kappa shape index (κ1) is 7.27. The second kappa shape index (κ2) is 2.92. The van der Waals surface area contributed by atoms with Crippen LogP contribution in [0.25, 0.3) is 0 Å². The molecule has 0 saturated heterocycles. The van der Waals surface area contributed by atoms with E-state index in [4.69, 9.17) is 0 Å². The van der Waals surface area contributed by atoms with Crippen molar-refractivity contribution in [3.8, 4) is 0 Å². The largest absolute Gasteiger partial charge is 0.349 e. The molecule has 0 aromatic carbocycles. The van der Waals surface area contributed by atoms with Crippen LogP contribution in [-0.4, -0.2) is 27.6 Å². The van der Waals surface area contributed by atoms with Gasteiger partial charge >= 0.3 is 0 Å². The molecule has 64 valence electrons. The number of nitrogens with one attached hydrogen (secondary N) is 2. The Kier molecular flexibility index (Phi) is 1.77. The first-order valence-corrected chi connectivity index (χ1v) is 4.00. The summed E-state index contributed by atoms with van der Waals surface area (Å²) in [6.07, 6.45) is 3.79. The van der Waals surface area contributed by atoms with Crippen LogP contribution in [0.5, 0.6) is 0 Å². The van der Waals surface area contributed by atoms with E-state index in [0.29, 0.717) is 5.92 Å². The number of rotatable bonds is 3. The summed E-state index contributed by atoms with van der Waals surface area (Å²) >= 11 is 0. The number of aromatic nitrogens is 3. The first-order chi connectivity index (χ1) is 5.86. The monoisotopic (exact) mass is 166 g/mol. The lowest BCUT2D eigenvalue weighted by Gasteiger charge is -1.98. The molecule has 5 nitrogen and oxygen atoms in total. The van der Waals surface area contributed by atoms with Crippen molar-refractivity contribution in [2.75, 3.05) is 6.54 Å². The second-order valence-corrected chi connectivity index (χ2v) is 2.99. The van der Waals surface area contributed by atoms with E-state index in [-0.39, 0.29) is 11.7 Å².